The molecule has 0 aliphatic rings. The van der Waals surface area contributed by atoms with Gasteiger partial charge in [-0.1, -0.05) is 6.07 Å². The highest BCUT2D eigenvalue weighted by Crippen LogP contribution is 2.29. The van der Waals surface area contributed by atoms with Crippen LogP contribution in [0.4, 0.5) is 30.0 Å². The summed E-state index contributed by atoms with van der Waals surface area (Å²) in [5.74, 6) is 1.29. The number of carbonyl (C=O) groups is 2. The summed E-state index contributed by atoms with van der Waals surface area (Å²) >= 11 is 0. The van der Waals surface area contributed by atoms with Crippen molar-refractivity contribution in [1.82, 2.24) is 35.7 Å². The summed E-state index contributed by atoms with van der Waals surface area (Å²) in [6, 6.07) is 19.7. The predicted molar refractivity (Wildman–Crippen MR) is 187 cm³/mol. The first-order valence-electron chi connectivity index (χ1n) is 15.2. The molecule has 4 amide bonds. The minimum atomic E-state index is -0.685. The van der Waals surface area contributed by atoms with E-state index < -0.39 is 12.1 Å². The number of nitrogens with one attached hydrogen (secondary N) is 5. The molecule has 51 heavy (non-hydrogen) atoms. The van der Waals surface area contributed by atoms with Gasteiger partial charge >= 0.3 is 12.1 Å². The largest absolute Gasteiger partial charge is 0.493 e. The number of benzene rings is 3. The van der Waals surface area contributed by atoms with Crippen LogP contribution in [-0.4, -0.2) is 56.6 Å². The lowest BCUT2D eigenvalue weighted by Gasteiger charge is -2.11. The normalized spacial score (nSPS) is 10.7. The van der Waals surface area contributed by atoms with Crippen molar-refractivity contribution in [2.24, 2.45) is 5.73 Å². The number of nitrogens with zero attached hydrogens (tertiary/aromatic N) is 4. The van der Waals surface area contributed by atoms with Gasteiger partial charge in [0.05, 0.1) is 25.3 Å². The fourth-order valence-corrected chi connectivity index (χ4v) is 5.08. The highest BCUT2D eigenvalue weighted by molar-refractivity contribution is 5.96. The van der Waals surface area contributed by atoms with Gasteiger partial charge in [0.1, 0.15) is 34.7 Å². The maximum Gasteiger partial charge on any atom is 0.320 e. The number of nitrogens with two attached hydrogens (primary N) is 1. The van der Waals surface area contributed by atoms with Crippen molar-refractivity contribution in [2.45, 2.75) is 6.54 Å². The number of urea groups is 2. The molecule has 4 heterocycles. The number of ether oxygens (including phenoxy) is 2. The van der Waals surface area contributed by atoms with E-state index in [-0.39, 0.29) is 11.6 Å². The van der Waals surface area contributed by atoms with Crippen LogP contribution < -0.4 is 31.2 Å². The fourth-order valence-electron chi connectivity index (χ4n) is 5.08. The fraction of sp³-hybridized carbons (Fsp3) is 0.0857. The van der Waals surface area contributed by atoms with Gasteiger partial charge in [0, 0.05) is 53.0 Å². The molecule has 7 N–H and O–H groups in total. The molecular formula is C35H30F2N10O4. The Morgan fingerprint density at radius 1 is 0.706 bits per heavy atom. The van der Waals surface area contributed by atoms with Gasteiger partial charge in [-0.25, -0.2) is 28.3 Å². The molecule has 4 aromatic heterocycles. The molecule has 0 radical (unpaired) electrons. The molecule has 7 rings (SSSR count). The third-order valence-electron chi connectivity index (χ3n) is 7.52. The monoisotopic (exact) mass is 692 g/mol. The quantitative estimate of drug-likeness (QED) is 0.106. The molecule has 0 bridgehead atoms. The van der Waals surface area contributed by atoms with Crippen LogP contribution in [0, 0.1) is 11.6 Å². The molecule has 0 spiro atoms. The standard InChI is InChI=1S/C22H20FN5O3.C13H10FN5O/c1-30-18-8-3-13(9-19(18)31-2)11-25-22(29)26-20-10-17-16(12-24-20)21(28-27-17)14-4-6-15(23)7-5-14;14-8-3-1-7(2-4-8)12-9-6-16-11(17-13(15)20)5-10(9)18-19-12/h3-10,12H,11H2,1-2H3,(H,27,28)(H2,24,25,26,29);1-6H,(H,18,19)(H3,15,16,17,20). The van der Waals surface area contributed by atoms with Crippen molar-refractivity contribution in [3.8, 4) is 34.0 Å². The molecule has 0 saturated heterocycles. The van der Waals surface area contributed by atoms with Gasteiger partial charge < -0.3 is 20.5 Å². The van der Waals surface area contributed by atoms with Crippen LogP contribution in [0.2, 0.25) is 0 Å². The summed E-state index contributed by atoms with van der Waals surface area (Å²) in [5, 5.41) is 23.6. The molecular weight excluding hydrogens is 662 g/mol. The van der Waals surface area contributed by atoms with Gasteiger partial charge in [-0.15, -0.1) is 0 Å². The average Bonchev–Trinajstić information content (AvgIpc) is 3.75. The average molecular weight is 693 g/mol. The Labute approximate surface area is 288 Å². The van der Waals surface area contributed by atoms with E-state index in [9.17, 15) is 18.4 Å². The molecule has 14 nitrogen and oxygen atoms in total. The summed E-state index contributed by atoms with van der Waals surface area (Å²) in [6.45, 7) is 0.299. The Bertz CT molecular complexity index is 2330. The zero-order valence-corrected chi connectivity index (χ0v) is 27.1. The number of H-pyrrole nitrogens is 2. The van der Waals surface area contributed by atoms with E-state index in [2.05, 4.69) is 46.3 Å². The number of primary amides is 1. The van der Waals surface area contributed by atoms with E-state index in [0.717, 1.165) is 27.5 Å². The molecule has 0 atom stereocenters. The summed E-state index contributed by atoms with van der Waals surface area (Å²) < 4.78 is 36.6. The third kappa shape index (κ3) is 7.97. The summed E-state index contributed by atoms with van der Waals surface area (Å²) in [5.41, 5.74) is 10.1. The van der Waals surface area contributed by atoms with E-state index in [1.165, 1.54) is 24.3 Å². The zero-order chi connectivity index (χ0) is 35.9. The molecule has 0 aliphatic heterocycles. The van der Waals surface area contributed by atoms with Gasteiger partial charge in [-0.2, -0.15) is 10.2 Å². The van der Waals surface area contributed by atoms with Crippen LogP contribution in [0.15, 0.2) is 91.3 Å². The lowest BCUT2D eigenvalue weighted by molar-refractivity contribution is 0.251. The van der Waals surface area contributed by atoms with E-state index >= 15 is 0 Å². The molecule has 0 fully saturated rings. The number of fused-ring (bicyclic) bond motifs is 2. The minimum absolute atomic E-state index is 0.299. The summed E-state index contributed by atoms with van der Waals surface area (Å²) in [7, 11) is 3.12. The van der Waals surface area contributed by atoms with E-state index in [4.69, 9.17) is 15.2 Å². The van der Waals surface area contributed by atoms with Gasteiger partial charge in [0.25, 0.3) is 0 Å². The molecule has 0 unspecified atom stereocenters. The molecule has 3 aromatic carbocycles. The minimum Gasteiger partial charge on any atom is -0.493 e. The van der Waals surface area contributed by atoms with E-state index in [1.54, 1.807) is 75.1 Å². The number of amides is 4. The molecule has 16 heteroatoms. The number of hydrogen-bond donors (Lipinski definition) is 6. The van der Waals surface area contributed by atoms with Crippen molar-refractivity contribution >= 4 is 45.5 Å². The van der Waals surface area contributed by atoms with Gasteiger partial charge in [0.2, 0.25) is 0 Å². The SMILES string of the molecule is COc1ccc(CNC(=O)Nc2cc3[nH]nc(-c4ccc(F)cc4)c3cn2)cc1OC.NC(=O)Nc1cc2[nH]nc(-c3ccc(F)cc3)c2cn1. The Morgan fingerprint density at radius 2 is 1.22 bits per heavy atom. The summed E-state index contributed by atoms with van der Waals surface area (Å²) in [4.78, 5) is 31.4. The molecule has 258 valence electrons. The van der Waals surface area contributed by atoms with E-state index in [0.29, 0.717) is 52.1 Å². The van der Waals surface area contributed by atoms with Crippen molar-refractivity contribution in [1.29, 1.82) is 0 Å². The number of rotatable bonds is 8. The van der Waals surface area contributed by atoms with Crippen LogP contribution in [0.1, 0.15) is 5.56 Å². The Morgan fingerprint density at radius 3 is 1.71 bits per heavy atom. The lowest BCUT2D eigenvalue weighted by atomic mass is 10.1. The number of anilines is 2. The van der Waals surface area contributed by atoms with Gasteiger partial charge in [-0.05, 0) is 66.2 Å². The van der Waals surface area contributed by atoms with Crippen molar-refractivity contribution in [3.63, 3.8) is 0 Å². The van der Waals surface area contributed by atoms with Crippen LogP contribution in [0.5, 0.6) is 11.5 Å². The Kier molecular flexibility index (Phi) is 9.93. The number of halogens is 2. The van der Waals surface area contributed by atoms with Crippen molar-refractivity contribution in [2.75, 3.05) is 24.9 Å². The number of methoxy groups -OCH3 is 2. The van der Waals surface area contributed by atoms with Crippen LogP contribution in [0.25, 0.3) is 44.3 Å². The highest BCUT2D eigenvalue weighted by atomic mass is 19.1. The second-order valence-electron chi connectivity index (χ2n) is 10.9. The van der Waals surface area contributed by atoms with Crippen LogP contribution in [0.3, 0.4) is 0 Å². The smallest absolute Gasteiger partial charge is 0.320 e. The molecule has 0 saturated carbocycles. The van der Waals surface area contributed by atoms with Crippen LogP contribution >= 0.6 is 0 Å². The molecule has 7 aromatic rings. The van der Waals surface area contributed by atoms with Gasteiger partial charge in [-0.3, -0.25) is 20.8 Å². The zero-order valence-electron chi connectivity index (χ0n) is 27.1. The van der Waals surface area contributed by atoms with Crippen molar-refractivity contribution < 1.29 is 27.8 Å². The Hall–Kier alpha value is -7.10. The number of aromatic amines is 2. The lowest BCUT2D eigenvalue weighted by Crippen LogP contribution is -2.28. The maximum absolute atomic E-state index is 13.2. The second kappa shape index (κ2) is 15.0. The van der Waals surface area contributed by atoms with Gasteiger partial charge in [0.15, 0.2) is 11.5 Å². The second-order valence-corrected chi connectivity index (χ2v) is 10.9. The number of carbonyl (C=O) groups excluding carboxylic acids is 2. The first kappa shape index (κ1) is 33.8. The molecule has 0 aliphatic carbocycles. The van der Waals surface area contributed by atoms with Crippen LogP contribution in [-0.2, 0) is 6.54 Å². The predicted octanol–water partition coefficient (Wildman–Crippen LogP) is 6.36. The first-order valence-corrected chi connectivity index (χ1v) is 15.2. The third-order valence-corrected chi connectivity index (χ3v) is 7.52. The first-order chi connectivity index (χ1) is 24.7. The maximum atomic E-state index is 13.2. The number of aromatic nitrogens is 6. The highest BCUT2D eigenvalue weighted by Gasteiger charge is 2.13. The number of hydrogen-bond acceptors (Lipinski definition) is 8. The number of pyridine rings is 2. The van der Waals surface area contributed by atoms with Crippen molar-refractivity contribution in [3.05, 3.63) is 108 Å². The van der Waals surface area contributed by atoms with E-state index in [1.807, 2.05) is 6.07 Å². The Balaban J connectivity index is 0.000000193. The topological polar surface area (TPSA) is 198 Å². The summed E-state index contributed by atoms with van der Waals surface area (Å²) in [6.07, 6.45) is 3.18.